The van der Waals surface area contributed by atoms with Crippen LogP contribution in [0.15, 0.2) is 18.2 Å². The Morgan fingerprint density at radius 2 is 1.84 bits per heavy atom. The Morgan fingerprint density at radius 1 is 1.02 bits per heavy atom. The lowest BCUT2D eigenvalue weighted by atomic mass is 9.85. The molecule has 4 unspecified atom stereocenters. The van der Waals surface area contributed by atoms with E-state index in [4.69, 9.17) is 24.2 Å². The molecule has 1 aromatic heterocycles. The van der Waals surface area contributed by atoms with Crippen molar-refractivity contribution in [3.05, 3.63) is 23.9 Å². The maximum atomic E-state index is 14.3. The van der Waals surface area contributed by atoms with E-state index in [2.05, 4.69) is 5.32 Å². The van der Waals surface area contributed by atoms with Gasteiger partial charge in [0.05, 0.1) is 30.7 Å². The number of rotatable bonds is 3. The Hall–Kier alpha value is -3.43. The average molecular weight is 619 g/mol. The fourth-order valence-corrected chi connectivity index (χ4v) is 8.54. The molecule has 3 aliphatic carbocycles. The van der Waals surface area contributed by atoms with Crippen LogP contribution in [-0.4, -0.2) is 71.1 Å². The van der Waals surface area contributed by atoms with Crippen molar-refractivity contribution < 1.29 is 28.6 Å². The standard InChI is InChI=1S/C35H46N4O6/c1-6-21-27(17-40)39-16-29(21)44-32-30(36-25-11-10-20(43-5)15-26(25)37-32)24-12-18(24)8-7-9-22-23-13-19(23)14-28(22)45-34(42)38-31(33(39)41)35(2,3)4/h10-11,15,17-19,21-24,27-29,31H,6-9,12-14,16H2,1-5H3,(H,38,42)/t18?,19?,21-,22+,23?,24?,27+,28+,29-,31+/m0/s1. The molecule has 10 atom stereocenters. The van der Waals surface area contributed by atoms with Gasteiger partial charge in [-0.05, 0) is 79.7 Å². The molecular formula is C35H46N4O6. The third-order valence-electron chi connectivity index (χ3n) is 11.2. The van der Waals surface area contributed by atoms with E-state index in [1.54, 1.807) is 12.0 Å². The molecule has 45 heavy (non-hydrogen) atoms. The van der Waals surface area contributed by atoms with Gasteiger partial charge in [0, 0.05) is 17.9 Å². The van der Waals surface area contributed by atoms with E-state index in [9.17, 15) is 14.4 Å². The number of alkyl carbamates (subject to hydrolysis) is 1. The molecule has 242 valence electrons. The van der Waals surface area contributed by atoms with Gasteiger partial charge in [-0.1, -0.05) is 34.1 Å². The van der Waals surface area contributed by atoms with Gasteiger partial charge >= 0.3 is 6.09 Å². The van der Waals surface area contributed by atoms with Crippen LogP contribution in [0.2, 0.25) is 0 Å². The molecular weight excluding hydrogens is 572 g/mol. The molecule has 3 saturated carbocycles. The first-order chi connectivity index (χ1) is 21.6. The second-order valence-electron chi connectivity index (χ2n) is 15.1. The molecule has 2 bridgehead atoms. The highest BCUT2D eigenvalue weighted by Gasteiger charge is 2.55. The summed E-state index contributed by atoms with van der Waals surface area (Å²) in [6.45, 7) is 7.98. The zero-order valence-corrected chi connectivity index (χ0v) is 27.0. The summed E-state index contributed by atoms with van der Waals surface area (Å²) in [6.07, 6.45) is 6.71. The number of ether oxygens (including phenoxy) is 3. The lowest BCUT2D eigenvalue weighted by Crippen LogP contribution is -2.56. The summed E-state index contributed by atoms with van der Waals surface area (Å²) >= 11 is 0. The molecule has 2 aliphatic heterocycles. The topological polar surface area (TPSA) is 120 Å². The summed E-state index contributed by atoms with van der Waals surface area (Å²) in [7, 11) is 1.63. The summed E-state index contributed by atoms with van der Waals surface area (Å²) in [6, 6.07) is 4.14. The van der Waals surface area contributed by atoms with E-state index in [0.717, 1.165) is 49.6 Å². The van der Waals surface area contributed by atoms with Gasteiger partial charge in [-0.15, -0.1) is 0 Å². The number of benzene rings is 1. The summed E-state index contributed by atoms with van der Waals surface area (Å²) < 4.78 is 18.3. The van der Waals surface area contributed by atoms with Crippen LogP contribution in [0.5, 0.6) is 11.6 Å². The smallest absolute Gasteiger partial charge is 0.408 e. The van der Waals surface area contributed by atoms with Crippen LogP contribution >= 0.6 is 0 Å². The fraction of sp³-hybridized carbons (Fsp3) is 0.686. The van der Waals surface area contributed by atoms with Gasteiger partial charge in [0.15, 0.2) is 0 Å². The van der Waals surface area contributed by atoms with Gasteiger partial charge in [0.1, 0.15) is 36.0 Å². The van der Waals surface area contributed by atoms with E-state index in [1.165, 1.54) is 6.42 Å². The molecule has 3 heterocycles. The predicted molar refractivity (Wildman–Crippen MR) is 167 cm³/mol. The van der Waals surface area contributed by atoms with E-state index in [-0.39, 0.29) is 30.4 Å². The zero-order chi connectivity index (χ0) is 31.6. The number of nitrogens with zero attached hydrogens (tertiary/aromatic N) is 3. The van der Waals surface area contributed by atoms with Crippen molar-refractivity contribution >= 4 is 29.3 Å². The molecule has 4 fully saturated rings. The minimum Gasteiger partial charge on any atom is -0.497 e. The first-order valence-corrected chi connectivity index (χ1v) is 16.8. The molecule has 2 aromatic rings. The van der Waals surface area contributed by atoms with Crippen molar-refractivity contribution in [2.24, 2.45) is 35.0 Å². The van der Waals surface area contributed by atoms with E-state index < -0.39 is 29.7 Å². The van der Waals surface area contributed by atoms with Crippen LogP contribution in [-0.2, 0) is 14.3 Å². The Morgan fingerprint density at radius 3 is 2.58 bits per heavy atom. The van der Waals surface area contributed by atoms with Crippen molar-refractivity contribution in [2.75, 3.05) is 13.7 Å². The maximum absolute atomic E-state index is 14.3. The number of nitrogens with one attached hydrogen (secondary N) is 1. The van der Waals surface area contributed by atoms with Crippen LogP contribution in [0, 0.1) is 35.0 Å². The molecule has 1 aromatic carbocycles. The van der Waals surface area contributed by atoms with E-state index in [1.807, 2.05) is 45.9 Å². The third kappa shape index (κ3) is 5.63. The number of carbonyl (C=O) groups is 3. The highest BCUT2D eigenvalue weighted by Crippen LogP contribution is 2.59. The second kappa shape index (κ2) is 11.4. The molecule has 10 heteroatoms. The molecule has 1 N–H and O–H groups in total. The monoisotopic (exact) mass is 618 g/mol. The Balaban J connectivity index is 1.26. The van der Waals surface area contributed by atoms with Gasteiger partial charge < -0.3 is 29.2 Å². The van der Waals surface area contributed by atoms with Crippen molar-refractivity contribution in [3.8, 4) is 11.6 Å². The van der Waals surface area contributed by atoms with Crippen LogP contribution < -0.4 is 14.8 Å². The van der Waals surface area contributed by atoms with Crippen LogP contribution in [0.25, 0.3) is 11.0 Å². The molecule has 10 nitrogen and oxygen atoms in total. The van der Waals surface area contributed by atoms with E-state index >= 15 is 0 Å². The SMILES string of the molecule is CC[C@@H]1[C@@H]2CN(C(=O)[C@H](C(C)(C)C)NC(=O)O[C@@H]3CC4CC4[C@H]3CCCC3CC3c3nc4ccc(OC)cc4nc3O2)[C@@H]1C=O. The van der Waals surface area contributed by atoms with Crippen LogP contribution in [0.4, 0.5) is 4.79 Å². The zero-order valence-electron chi connectivity index (χ0n) is 27.0. The summed E-state index contributed by atoms with van der Waals surface area (Å²) in [5.41, 5.74) is 1.73. The van der Waals surface area contributed by atoms with Gasteiger partial charge in [0.2, 0.25) is 11.8 Å². The van der Waals surface area contributed by atoms with Crippen molar-refractivity contribution in [3.63, 3.8) is 0 Å². The number of carbonyl (C=O) groups excluding carboxylic acids is 3. The molecule has 1 saturated heterocycles. The van der Waals surface area contributed by atoms with Crippen LogP contribution in [0.3, 0.4) is 0 Å². The minimum absolute atomic E-state index is 0.120. The van der Waals surface area contributed by atoms with Gasteiger partial charge in [0.25, 0.3) is 0 Å². The number of amides is 2. The average Bonchev–Trinajstić information content (AvgIpc) is 3.89. The Bertz CT molecular complexity index is 1490. The second-order valence-corrected chi connectivity index (χ2v) is 15.1. The lowest BCUT2D eigenvalue weighted by molar-refractivity contribution is -0.139. The maximum Gasteiger partial charge on any atom is 0.408 e. The fourth-order valence-electron chi connectivity index (χ4n) is 8.54. The number of fused-ring (bicyclic) bond motifs is 9. The first kappa shape index (κ1) is 30.2. The summed E-state index contributed by atoms with van der Waals surface area (Å²) in [5.74, 6) is 3.01. The number of hydrogen-bond acceptors (Lipinski definition) is 8. The number of aldehydes is 1. The highest BCUT2D eigenvalue weighted by molar-refractivity contribution is 5.89. The molecule has 0 spiro atoms. The predicted octanol–water partition coefficient (Wildman–Crippen LogP) is 5.27. The number of methoxy groups -OCH3 is 1. The van der Waals surface area contributed by atoms with Crippen molar-refractivity contribution in [1.82, 2.24) is 20.2 Å². The summed E-state index contributed by atoms with van der Waals surface area (Å²) in [5, 5.41) is 2.93. The Kier molecular flexibility index (Phi) is 7.68. The summed E-state index contributed by atoms with van der Waals surface area (Å²) in [4.78, 5) is 51.9. The normalized spacial score (nSPS) is 36.2. The number of hydrogen-bond donors (Lipinski definition) is 1. The van der Waals surface area contributed by atoms with Crippen molar-refractivity contribution in [2.45, 2.75) is 103 Å². The molecule has 5 aliphatic rings. The van der Waals surface area contributed by atoms with Gasteiger partial charge in [-0.25, -0.2) is 14.8 Å². The molecule has 0 radical (unpaired) electrons. The number of aromatic nitrogens is 2. The molecule has 2 amide bonds. The quantitative estimate of drug-likeness (QED) is 0.462. The van der Waals surface area contributed by atoms with Gasteiger partial charge in [-0.3, -0.25) is 4.79 Å². The van der Waals surface area contributed by atoms with Gasteiger partial charge in [-0.2, -0.15) is 0 Å². The Labute approximate surface area is 265 Å². The van der Waals surface area contributed by atoms with E-state index in [0.29, 0.717) is 47.2 Å². The molecule has 7 rings (SSSR count). The third-order valence-corrected chi connectivity index (χ3v) is 11.2. The minimum atomic E-state index is -0.868. The van der Waals surface area contributed by atoms with Crippen LogP contribution in [0.1, 0.15) is 84.3 Å². The lowest BCUT2D eigenvalue weighted by Gasteiger charge is -2.35. The van der Waals surface area contributed by atoms with Crippen molar-refractivity contribution in [1.29, 1.82) is 0 Å². The highest BCUT2D eigenvalue weighted by atomic mass is 16.6. The largest absolute Gasteiger partial charge is 0.497 e. The first-order valence-electron chi connectivity index (χ1n) is 16.8.